The van der Waals surface area contributed by atoms with Crippen LogP contribution >= 0.6 is 0 Å². The van der Waals surface area contributed by atoms with Gasteiger partial charge in [0.2, 0.25) is 0 Å². The van der Waals surface area contributed by atoms with Gasteiger partial charge in [0.15, 0.2) is 0 Å². The van der Waals surface area contributed by atoms with E-state index in [0.29, 0.717) is 5.92 Å². The van der Waals surface area contributed by atoms with Crippen molar-refractivity contribution in [3.63, 3.8) is 0 Å². The van der Waals surface area contributed by atoms with Gasteiger partial charge in [0.05, 0.1) is 0 Å². The van der Waals surface area contributed by atoms with E-state index in [9.17, 15) is 4.79 Å². The van der Waals surface area contributed by atoms with Crippen LogP contribution in [0.25, 0.3) is 0 Å². The summed E-state index contributed by atoms with van der Waals surface area (Å²) in [6, 6.07) is 6.08. The van der Waals surface area contributed by atoms with Crippen molar-refractivity contribution in [2.45, 2.75) is 32.6 Å². The second kappa shape index (κ2) is 4.05. The van der Waals surface area contributed by atoms with Gasteiger partial charge in [0, 0.05) is 13.5 Å². The maximum Gasteiger partial charge on any atom is 0.251 e. The van der Waals surface area contributed by atoms with Gasteiger partial charge in [-0.1, -0.05) is 26.0 Å². The molecule has 15 heavy (non-hydrogen) atoms. The first kappa shape index (κ1) is 10.2. The van der Waals surface area contributed by atoms with E-state index in [1.165, 1.54) is 11.1 Å². The van der Waals surface area contributed by atoms with Crippen LogP contribution in [-0.4, -0.2) is 12.5 Å². The quantitative estimate of drug-likeness (QED) is 0.790. The van der Waals surface area contributed by atoms with E-state index in [-0.39, 0.29) is 7.33 Å². The molecule has 1 unspecified atom stereocenters. The predicted molar refractivity (Wildman–Crippen MR) is 63.3 cm³/mol. The number of hydrogen-bond acceptors (Lipinski definition) is 1. The molecule has 2 rings (SSSR count). The third-order valence-electron chi connectivity index (χ3n) is 3.26. The van der Waals surface area contributed by atoms with Crippen molar-refractivity contribution in [1.82, 2.24) is 5.32 Å². The summed E-state index contributed by atoms with van der Waals surface area (Å²) < 4.78 is 0. The summed E-state index contributed by atoms with van der Waals surface area (Å²) in [5.41, 5.74) is 3.49. The molecule has 0 radical (unpaired) electrons. The highest BCUT2D eigenvalue weighted by atomic mass is 16.1. The van der Waals surface area contributed by atoms with Crippen molar-refractivity contribution in [1.29, 1.82) is 0 Å². The molecule has 2 nitrogen and oxygen atoms in total. The fourth-order valence-corrected chi connectivity index (χ4v) is 2.17. The van der Waals surface area contributed by atoms with E-state index in [0.717, 1.165) is 24.9 Å². The molecular weight excluding hydrogens is 186 g/mol. The van der Waals surface area contributed by atoms with E-state index in [1.54, 1.807) is 0 Å². The highest BCUT2D eigenvalue weighted by Crippen LogP contribution is 2.27. The highest BCUT2D eigenvalue weighted by Gasteiger charge is 2.20. The molecule has 1 aromatic carbocycles. The van der Waals surface area contributed by atoms with Crippen LogP contribution in [-0.2, 0) is 6.42 Å². The Morgan fingerprint density at radius 2 is 2.33 bits per heavy atom. The molecule has 0 saturated heterocycles. The first-order chi connectivity index (χ1) is 7.24. The molecule has 2 heteroatoms. The predicted octanol–water partition coefficient (Wildman–Crippen LogP) is 2.73. The SMILES string of the molecule is CCC(C)c1cccc2c1CCNC2=O.[HH]. The van der Waals surface area contributed by atoms with Crippen LogP contribution in [0.5, 0.6) is 0 Å². The maximum absolute atomic E-state index is 11.6. The van der Waals surface area contributed by atoms with E-state index in [2.05, 4.69) is 25.2 Å². The molecule has 0 saturated carbocycles. The van der Waals surface area contributed by atoms with E-state index in [1.807, 2.05) is 12.1 Å². The van der Waals surface area contributed by atoms with Crippen molar-refractivity contribution in [2.75, 3.05) is 6.54 Å². The Bertz CT molecular complexity index is 390. The van der Waals surface area contributed by atoms with Crippen molar-refractivity contribution < 1.29 is 6.22 Å². The van der Waals surface area contributed by atoms with E-state index < -0.39 is 0 Å². The summed E-state index contributed by atoms with van der Waals surface area (Å²) in [7, 11) is 0. The smallest absolute Gasteiger partial charge is 0.251 e. The van der Waals surface area contributed by atoms with Crippen LogP contribution in [0.4, 0.5) is 0 Å². The van der Waals surface area contributed by atoms with Crippen LogP contribution < -0.4 is 5.32 Å². The van der Waals surface area contributed by atoms with Crippen molar-refractivity contribution in [3.8, 4) is 0 Å². The summed E-state index contributed by atoms with van der Waals surface area (Å²) in [6.45, 7) is 5.19. The van der Waals surface area contributed by atoms with Crippen LogP contribution in [0.1, 0.15) is 49.1 Å². The van der Waals surface area contributed by atoms with Gasteiger partial charge in [0.1, 0.15) is 0 Å². The summed E-state index contributed by atoms with van der Waals surface area (Å²) in [5.74, 6) is 0.632. The first-order valence-corrected chi connectivity index (χ1v) is 5.64. The molecule has 0 fully saturated rings. The molecule has 1 N–H and O–H groups in total. The molecule has 1 heterocycles. The molecule has 0 bridgehead atoms. The Labute approximate surface area is 92.2 Å². The number of hydrogen-bond donors (Lipinski definition) is 1. The fourth-order valence-electron chi connectivity index (χ4n) is 2.17. The largest absolute Gasteiger partial charge is 0.352 e. The normalized spacial score (nSPS) is 16.8. The van der Waals surface area contributed by atoms with Gasteiger partial charge in [-0.3, -0.25) is 4.79 Å². The third-order valence-corrected chi connectivity index (χ3v) is 3.26. The second-order valence-corrected chi connectivity index (χ2v) is 4.19. The lowest BCUT2D eigenvalue weighted by molar-refractivity contribution is 0.0945. The molecule has 82 valence electrons. The maximum atomic E-state index is 11.6. The monoisotopic (exact) mass is 205 g/mol. The Hall–Kier alpha value is -1.31. The van der Waals surface area contributed by atoms with Crippen molar-refractivity contribution in [2.24, 2.45) is 0 Å². The Morgan fingerprint density at radius 3 is 3.07 bits per heavy atom. The van der Waals surface area contributed by atoms with Crippen LogP contribution in [0.3, 0.4) is 0 Å². The number of benzene rings is 1. The lowest BCUT2D eigenvalue weighted by Gasteiger charge is -2.22. The minimum atomic E-state index is 0. The van der Waals surface area contributed by atoms with Gasteiger partial charge < -0.3 is 5.32 Å². The molecule has 0 aromatic heterocycles. The zero-order valence-corrected chi connectivity index (χ0v) is 9.34. The Morgan fingerprint density at radius 1 is 1.53 bits per heavy atom. The Kier molecular flexibility index (Phi) is 2.76. The van der Waals surface area contributed by atoms with Gasteiger partial charge >= 0.3 is 0 Å². The minimum Gasteiger partial charge on any atom is -0.352 e. The number of amides is 1. The molecular formula is C13H19NO. The average Bonchev–Trinajstić information content (AvgIpc) is 2.28. The zero-order chi connectivity index (χ0) is 10.8. The topological polar surface area (TPSA) is 29.1 Å². The number of rotatable bonds is 2. The summed E-state index contributed by atoms with van der Waals surface area (Å²) in [4.78, 5) is 11.6. The molecule has 0 aliphatic carbocycles. The van der Waals surface area contributed by atoms with Gasteiger partial charge in [-0.05, 0) is 36.0 Å². The minimum absolute atomic E-state index is 0. The molecule has 1 amide bonds. The fraction of sp³-hybridized carbons (Fsp3) is 0.462. The van der Waals surface area contributed by atoms with Crippen LogP contribution in [0, 0.1) is 0 Å². The number of carbonyl (C=O) groups excluding carboxylic acids is 1. The summed E-state index contributed by atoms with van der Waals surface area (Å²) >= 11 is 0. The van der Waals surface area contributed by atoms with Gasteiger partial charge in [-0.25, -0.2) is 0 Å². The third kappa shape index (κ3) is 1.76. The molecule has 1 aromatic rings. The molecule has 1 atom stereocenters. The first-order valence-electron chi connectivity index (χ1n) is 5.64. The highest BCUT2D eigenvalue weighted by molar-refractivity contribution is 5.97. The van der Waals surface area contributed by atoms with E-state index >= 15 is 0 Å². The van der Waals surface area contributed by atoms with Gasteiger partial charge in [-0.2, -0.15) is 0 Å². The van der Waals surface area contributed by atoms with Crippen LogP contribution in [0.15, 0.2) is 18.2 Å². The van der Waals surface area contributed by atoms with Crippen molar-refractivity contribution in [3.05, 3.63) is 34.9 Å². The van der Waals surface area contributed by atoms with Gasteiger partial charge in [-0.15, -0.1) is 0 Å². The Balaban J connectivity index is 0.00000128. The summed E-state index contributed by atoms with van der Waals surface area (Å²) in [6.07, 6.45) is 2.10. The second-order valence-electron chi connectivity index (χ2n) is 4.19. The van der Waals surface area contributed by atoms with E-state index in [4.69, 9.17) is 0 Å². The lowest BCUT2D eigenvalue weighted by Crippen LogP contribution is -2.32. The standard InChI is InChI=1S/C13H17NO.H2/c1-3-9(2)10-5-4-6-12-11(10)7-8-14-13(12)15;/h4-6,9H,3,7-8H2,1-2H3,(H,14,15);1H. The summed E-state index contributed by atoms with van der Waals surface area (Å²) in [5, 5.41) is 2.88. The average molecular weight is 205 g/mol. The molecule has 1 aliphatic heterocycles. The number of fused-ring (bicyclic) bond motifs is 1. The zero-order valence-electron chi connectivity index (χ0n) is 9.34. The number of carbonyl (C=O) groups is 1. The van der Waals surface area contributed by atoms with Gasteiger partial charge in [0.25, 0.3) is 5.91 Å². The number of nitrogens with one attached hydrogen (secondary N) is 1. The molecule has 1 aliphatic rings. The van der Waals surface area contributed by atoms with Crippen molar-refractivity contribution >= 4 is 5.91 Å². The lowest BCUT2D eigenvalue weighted by atomic mass is 9.87. The molecule has 0 spiro atoms. The van der Waals surface area contributed by atoms with Crippen LogP contribution in [0.2, 0.25) is 0 Å².